The molecule has 2 fully saturated rings. The van der Waals surface area contributed by atoms with Crippen LogP contribution in [-0.2, 0) is 19.9 Å². The molecule has 2 saturated heterocycles. The summed E-state index contributed by atoms with van der Waals surface area (Å²) in [7, 11) is 0. The summed E-state index contributed by atoms with van der Waals surface area (Å²) in [6.07, 6.45) is 0. The van der Waals surface area contributed by atoms with Gasteiger partial charge in [0, 0.05) is 16.1 Å². The predicted molar refractivity (Wildman–Crippen MR) is 139 cm³/mol. The van der Waals surface area contributed by atoms with E-state index in [0.717, 1.165) is 10.5 Å². The first kappa shape index (κ1) is 25.1. The molecular weight excluding hydrogens is 546 g/mol. The second kappa shape index (κ2) is 9.05. The number of carbonyl (C=O) groups is 3. The maximum absolute atomic E-state index is 14.0. The number of rotatable bonds is 4. The van der Waals surface area contributed by atoms with Crippen LogP contribution in [0.3, 0.4) is 0 Å². The standard InChI is InChI=1S/C26H18Cl4N2O4/c1-12-7-8-15(11-17(12)28)32-23(33)19-20(24(32)34)26(25(35)36,13-5-3-2-4-6-13)31-22(19)16-9-14(27)10-18(29)21(16)30/h2-11,19-20,22,31H,1H3,(H,35,36). The zero-order valence-electron chi connectivity index (χ0n) is 18.6. The van der Waals surface area contributed by atoms with Crippen molar-refractivity contribution in [2.75, 3.05) is 4.90 Å². The quantitative estimate of drug-likeness (QED) is 0.298. The van der Waals surface area contributed by atoms with E-state index in [4.69, 9.17) is 46.4 Å². The number of carboxylic acids is 1. The molecule has 2 amide bonds. The minimum atomic E-state index is -1.93. The number of benzene rings is 3. The van der Waals surface area contributed by atoms with Crippen LogP contribution in [0.25, 0.3) is 0 Å². The normalized spacial score (nSPS) is 25.4. The lowest BCUT2D eigenvalue weighted by Crippen LogP contribution is -2.53. The Morgan fingerprint density at radius 2 is 1.64 bits per heavy atom. The molecule has 2 aliphatic heterocycles. The molecule has 2 heterocycles. The maximum atomic E-state index is 14.0. The molecule has 0 aliphatic carbocycles. The molecule has 4 atom stereocenters. The Hall–Kier alpha value is -2.61. The van der Waals surface area contributed by atoms with Crippen molar-refractivity contribution >= 4 is 69.9 Å². The fourth-order valence-electron chi connectivity index (χ4n) is 5.24. The average molecular weight is 564 g/mol. The highest BCUT2D eigenvalue weighted by Gasteiger charge is 2.69. The van der Waals surface area contributed by atoms with E-state index in [-0.39, 0.29) is 20.8 Å². The van der Waals surface area contributed by atoms with Gasteiger partial charge >= 0.3 is 5.97 Å². The second-order valence-corrected chi connectivity index (χ2v) is 10.5. The number of nitrogens with zero attached hydrogens (tertiary/aromatic N) is 1. The molecule has 36 heavy (non-hydrogen) atoms. The number of hydrogen-bond donors (Lipinski definition) is 2. The molecule has 0 bridgehead atoms. The van der Waals surface area contributed by atoms with Gasteiger partial charge in [0.1, 0.15) is 0 Å². The number of carbonyl (C=O) groups excluding carboxylic acids is 2. The average Bonchev–Trinajstić information content (AvgIpc) is 3.33. The Labute approximate surface area is 226 Å². The Morgan fingerprint density at radius 1 is 0.944 bits per heavy atom. The van der Waals surface area contributed by atoms with Crippen molar-refractivity contribution < 1.29 is 19.5 Å². The summed E-state index contributed by atoms with van der Waals surface area (Å²) in [5.41, 5.74) is -0.248. The van der Waals surface area contributed by atoms with Crippen molar-refractivity contribution in [3.63, 3.8) is 0 Å². The van der Waals surface area contributed by atoms with Gasteiger partial charge in [0.15, 0.2) is 5.54 Å². The van der Waals surface area contributed by atoms with Crippen LogP contribution >= 0.6 is 46.4 Å². The molecule has 10 heteroatoms. The summed E-state index contributed by atoms with van der Waals surface area (Å²) < 4.78 is 0. The third kappa shape index (κ3) is 3.63. The van der Waals surface area contributed by atoms with Gasteiger partial charge in [-0.15, -0.1) is 0 Å². The number of fused-ring (bicyclic) bond motifs is 1. The van der Waals surface area contributed by atoms with E-state index in [0.29, 0.717) is 16.1 Å². The Bertz CT molecular complexity index is 1430. The fourth-order valence-corrected chi connectivity index (χ4v) is 6.15. The molecule has 0 spiro atoms. The molecule has 6 nitrogen and oxygen atoms in total. The lowest BCUT2D eigenvalue weighted by molar-refractivity contribution is -0.149. The van der Waals surface area contributed by atoms with Gasteiger partial charge < -0.3 is 5.11 Å². The van der Waals surface area contributed by atoms with E-state index in [1.807, 2.05) is 0 Å². The first-order valence-electron chi connectivity index (χ1n) is 10.9. The Morgan fingerprint density at radius 3 is 2.28 bits per heavy atom. The van der Waals surface area contributed by atoms with Crippen LogP contribution in [0.4, 0.5) is 5.69 Å². The smallest absolute Gasteiger partial charge is 0.329 e. The SMILES string of the molecule is Cc1ccc(N2C(=O)C3C(c4cc(Cl)cc(Cl)c4Cl)NC(C(=O)O)(c4ccccc4)C3C2=O)cc1Cl. The zero-order chi connectivity index (χ0) is 25.9. The summed E-state index contributed by atoms with van der Waals surface area (Å²) in [5, 5.41) is 14.6. The van der Waals surface area contributed by atoms with Crippen molar-refractivity contribution in [3.8, 4) is 0 Å². The number of amides is 2. The van der Waals surface area contributed by atoms with Crippen molar-refractivity contribution in [1.82, 2.24) is 5.32 Å². The highest BCUT2D eigenvalue weighted by atomic mass is 35.5. The summed E-state index contributed by atoms with van der Waals surface area (Å²) in [6, 6.07) is 15.1. The van der Waals surface area contributed by atoms with Gasteiger partial charge in [0.05, 0.1) is 27.6 Å². The first-order chi connectivity index (χ1) is 17.1. The molecule has 2 N–H and O–H groups in total. The topological polar surface area (TPSA) is 86.7 Å². The first-order valence-corrected chi connectivity index (χ1v) is 12.4. The number of aryl methyl sites for hydroxylation is 1. The van der Waals surface area contributed by atoms with E-state index in [9.17, 15) is 19.5 Å². The molecule has 184 valence electrons. The number of hydrogen-bond acceptors (Lipinski definition) is 4. The van der Waals surface area contributed by atoms with Crippen LogP contribution in [0.5, 0.6) is 0 Å². The van der Waals surface area contributed by atoms with Crippen molar-refractivity contribution in [3.05, 3.63) is 97.4 Å². The highest BCUT2D eigenvalue weighted by Crippen LogP contribution is 2.55. The lowest BCUT2D eigenvalue weighted by Gasteiger charge is -2.32. The molecule has 4 unspecified atom stereocenters. The van der Waals surface area contributed by atoms with Gasteiger partial charge in [0.25, 0.3) is 0 Å². The Balaban J connectivity index is 1.76. The predicted octanol–water partition coefficient (Wildman–Crippen LogP) is 6.04. The number of carboxylic acid groups (broad SMARTS) is 1. The summed E-state index contributed by atoms with van der Waals surface area (Å²) in [6.45, 7) is 1.80. The number of anilines is 1. The minimum absolute atomic E-state index is 0.114. The maximum Gasteiger partial charge on any atom is 0.329 e. The molecular formula is C26H18Cl4N2O4. The largest absolute Gasteiger partial charge is 0.480 e. The molecule has 3 aromatic rings. The van der Waals surface area contributed by atoms with Crippen molar-refractivity contribution in [2.45, 2.75) is 18.5 Å². The number of aliphatic carboxylic acids is 1. The van der Waals surface area contributed by atoms with Crippen LogP contribution in [0.2, 0.25) is 20.1 Å². The van der Waals surface area contributed by atoms with E-state index in [1.165, 1.54) is 18.2 Å². The number of halogens is 4. The zero-order valence-corrected chi connectivity index (χ0v) is 21.7. The Kier molecular flexibility index (Phi) is 6.30. The van der Waals surface area contributed by atoms with Gasteiger partial charge in [-0.2, -0.15) is 0 Å². The van der Waals surface area contributed by atoms with E-state index >= 15 is 0 Å². The van der Waals surface area contributed by atoms with Crippen LogP contribution in [0, 0.1) is 18.8 Å². The summed E-state index contributed by atoms with van der Waals surface area (Å²) in [5.74, 6) is -4.94. The summed E-state index contributed by atoms with van der Waals surface area (Å²) in [4.78, 5) is 41.9. The monoisotopic (exact) mass is 562 g/mol. The lowest BCUT2D eigenvalue weighted by atomic mass is 9.75. The van der Waals surface area contributed by atoms with E-state index in [1.54, 1.807) is 49.4 Å². The third-order valence-electron chi connectivity index (χ3n) is 6.90. The fraction of sp³-hybridized carbons (Fsp3) is 0.192. The van der Waals surface area contributed by atoms with Gasteiger partial charge in [-0.3, -0.25) is 14.9 Å². The number of imide groups is 1. The van der Waals surface area contributed by atoms with E-state index < -0.39 is 41.2 Å². The van der Waals surface area contributed by atoms with Crippen LogP contribution in [0.1, 0.15) is 22.7 Å². The van der Waals surface area contributed by atoms with Crippen molar-refractivity contribution in [1.29, 1.82) is 0 Å². The molecule has 5 rings (SSSR count). The molecule has 2 aliphatic rings. The van der Waals surface area contributed by atoms with E-state index in [2.05, 4.69) is 5.32 Å². The molecule has 0 aromatic heterocycles. The van der Waals surface area contributed by atoms with Gasteiger partial charge in [-0.25, -0.2) is 9.69 Å². The molecule has 3 aromatic carbocycles. The summed E-state index contributed by atoms with van der Waals surface area (Å²) >= 11 is 25.3. The highest BCUT2D eigenvalue weighted by molar-refractivity contribution is 6.43. The van der Waals surface area contributed by atoms with Crippen LogP contribution in [0.15, 0.2) is 60.7 Å². The van der Waals surface area contributed by atoms with Gasteiger partial charge in [-0.1, -0.05) is 82.8 Å². The van der Waals surface area contributed by atoms with Gasteiger partial charge in [-0.05, 0) is 47.9 Å². The van der Waals surface area contributed by atoms with Gasteiger partial charge in [0.2, 0.25) is 11.8 Å². The number of nitrogens with one attached hydrogen (secondary N) is 1. The second-order valence-electron chi connectivity index (χ2n) is 8.84. The minimum Gasteiger partial charge on any atom is -0.480 e. The van der Waals surface area contributed by atoms with Crippen LogP contribution < -0.4 is 10.2 Å². The molecule has 0 radical (unpaired) electrons. The van der Waals surface area contributed by atoms with Crippen molar-refractivity contribution in [2.24, 2.45) is 11.8 Å². The molecule has 0 saturated carbocycles. The van der Waals surface area contributed by atoms with Crippen LogP contribution in [-0.4, -0.2) is 22.9 Å². The third-order valence-corrected chi connectivity index (χ3v) is 8.34.